The van der Waals surface area contributed by atoms with Crippen molar-refractivity contribution in [1.29, 1.82) is 0 Å². The summed E-state index contributed by atoms with van der Waals surface area (Å²) in [6.07, 6.45) is 2.31. The molecule has 2 rings (SSSR count). The summed E-state index contributed by atoms with van der Waals surface area (Å²) in [5, 5.41) is 21.5. The van der Waals surface area contributed by atoms with Gasteiger partial charge in [-0.1, -0.05) is 25.2 Å². The Kier molecular flexibility index (Phi) is 2.63. The summed E-state index contributed by atoms with van der Waals surface area (Å²) in [4.78, 5) is 11.4. The van der Waals surface area contributed by atoms with E-state index in [0.29, 0.717) is 6.42 Å². The Morgan fingerprint density at radius 1 is 1.62 bits per heavy atom. The monoisotopic (exact) mass is 240 g/mol. The van der Waals surface area contributed by atoms with Crippen molar-refractivity contribution in [2.24, 2.45) is 5.41 Å². The van der Waals surface area contributed by atoms with Gasteiger partial charge in [0.15, 0.2) is 0 Å². The highest BCUT2D eigenvalue weighted by Gasteiger charge is 2.24. The number of nitrogens with zero attached hydrogens (tertiary/aromatic N) is 4. The van der Waals surface area contributed by atoms with Crippen LogP contribution in [0.1, 0.15) is 25.3 Å². The highest BCUT2D eigenvalue weighted by molar-refractivity contribution is 7.16. The molecule has 0 aliphatic carbocycles. The summed E-state index contributed by atoms with van der Waals surface area (Å²) >= 11 is 1.44. The molecule has 0 aromatic carbocycles. The fraction of sp³-hybridized carbons (Fsp3) is 0.556. The van der Waals surface area contributed by atoms with Crippen molar-refractivity contribution in [2.45, 2.75) is 26.7 Å². The fourth-order valence-electron chi connectivity index (χ4n) is 1.55. The van der Waals surface area contributed by atoms with Crippen LogP contribution in [0.5, 0.6) is 0 Å². The molecule has 2 heterocycles. The van der Waals surface area contributed by atoms with Gasteiger partial charge in [0.2, 0.25) is 4.96 Å². The molecule has 0 radical (unpaired) electrons. The van der Waals surface area contributed by atoms with Crippen LogP contribution in [0.25, 0.3) is 4.96 Å². The Labute approximate surface area is 95.9 Å². The lowest BCUT2D eigenvalue weighted by Gasteiger charge is -2.20. The number of rotatable bonds is 4. The standard InChI is InChI=1S/C9H12N4O2S/c1-9(2,4-7(14)15)3-6-12-13-5-10-11-8(13)16-6/h5H,3-4H2,1-2H3,(H,14,15). The Balaban J connectivity index is 2.14. The lowest BCUT2D eigenvalue weighted by atomic mass is 9.86. The number of fused-ring (bicyclic) bond motifs is 1. The van der Waals surface area contributed by atoms with Crippen molar-refractivity contribution >= 4 is 22.3 Å². The average Bonchev–Trinajstić information content (AvgIpc) is 2.58. The van der Waals surface area contributed by atoms with Crippen LogP contribution in [0.4, 0.5) is 0 Å². The van der Waals surface area contributed by atoms with Crippen LogP contribution in [-0.4, -0.2) is 30.9 Å². The first-order valence-corrected chi connectivity index (χ1v) is 5.65. The third kappa shape index (κ3) is 2.35. The molecule has 6 nitrogen and oxygen atoms in total. The van der Waals surface area contributed by atoms with Gasteiger partial charge in [-0.15, -0.1) is 10.2 Å². The molecule has 0 bridgehead atoms. The Bertz CT molecular complexity index is 488. The molecule has 2 aromatic heterocycles. The Morgan fingerprint density at radius 2 is 2.38 bits per heavy atom. The summed E-state index contributed by atoms with van der Waals surface area (Å²) in [5.41, 5.74) is -0.297. The smallest absolute Gasteiger partial charge is 0.303 e. The molecule has 0 aliphatic heterocycles. The van der Waals surface area contributed by atoms with Crippen LogP contribution >= 0.6 is 11.3 Å². The molecule has 86 valence electrons. The van der Waals surface area contributed by atoms with Crippen molar-refractivity contribution in [3.63, 3.8) is 0 Å². The predicted molar refractivity (Wildman–Crippen MR) is 58.4 cm³/mol. The van der Waals surface area contributed by atoms with Crippen molar-refractivity contribution in [1.82, 2.24) is 19.8 Å². The molecule has 2 aromatic rings. The van der Waals surface area contributed by atoms with E-state index in [1.807, 2.05) is 13.8 Å². The summed E-state index contributed by atoms with van der Waals surface area (Å²) in [5.74, 6) is -0.784. The summed E-state index contributed by atoms with van der Waals surface area (Å²) < 4.78 is 1.61. The zero-order valence-electron chi connectivity index (χ0n) is 9.04. The highest BCUT2D eigenvalue weighted by atomic mass is 32.1. The van der Waals surface area contributed by atoms with Crippen molar-refractivity contribution in [2.75, 3.05) is 0 Å². The van der Waals surface area contributed by atoms with Crippen LogP contribution in [0.3, 0.4) is 0 Å². The second kappa shape index (κ2) is 3.82. The molecule has 7 heteroatoms. The molecule has 0 unspecified atom stereocenters. The maximum Gasteiger partial charge on any atom is 0.303 e. The second-order valence-corrected chi connectivity index (χ2v) is 5.51. The van der Waals surface area contributed by atoms with E-state index in [4.69, 9.17) is 5.11 Å². The number of carboxylic acid groups (broad SMARTS) is 1. The number of aromatic nitrogens is 4. The Morgan fingerprint density at radius 3 is 3.00 bits per heavy atom. The van der Waals surface area contributed by atoms with E-state index in [-0.39, 0.29) is 11.8 Å². The number of aliphatic carboxylic acids is 1. The largest absolute Gasteiger partial charge is 0.481 e. The lowest BCUT2D eigenvalue weighted by molar-refractivity contribution is -0.139. The van der Waals surface area contributed by atoms with E-state index < -0.39 is 5.97 Å². The number of carbonyl (C=O) groups is 1. The molecular weight excluding hydrogens is 228 g/mol. The van der Waals surface area contributed by atoms with Gasteiger partial charge in [-0.25, -0.2) is 0 Å². The minimum atomic E-state index is -0.784. The summed E-state index contributed by atoms with van der Waals surface area (Å²) in [6.45, 7) is 3.84. The van der Waals surface area contributed by atoms with Crippen LogP contribution in [0.2, 0.25) is 0 Å². The maximum absolute atomic E-state index is 10.7. The maximum atomic E-state index is 10.7. The molecule has 0 atom stereocenters. The van der Waals surface area contributed by atoms with Gasteiger partial charge in [-0.05, 0) is 5.41 Å². The number of hydrogen-bond donors (Lipinski definition) is 1. The van der Waals surface area contributed by atoms with Gasteiger partial charge in [0, 0.05) is 6.42 Å². The van der Waals surface area contributed by atoms with Crippen LogP contribution in [0.15, 0.2) is 6.33 Å². The lowest BCUT2D eigenvalue weighted by Crippen LogP contribution is -2.19. The van der Waals surface area contributed by atoms with E-state index in [1.54, 1.807) is 10.8 Å². The van der Waals surface area contributed by atoms with Crippen LogP contribution in [0, 0.1) is 5.41 Å². The normalized spacial score (nSPS) is 12.1. The Hall–Kier alpha value is -1.50. The topological polar surface area (TPSA) is 80.4 Å². The summed E-state index contributed by atoms with van der Waals surface area (Å²) in [7, 11) is 0. The minimum absolute atomic E-state index is 0.132. The van der Waals surface area contributed by atoms with E-state index in [0.717, 1.165) is 9.97 Å². The number of hydrogen-bond acceptors (Lipinski definition) is 5. The molecule has 0 saturated carbocycles. The average molecular weight is 240 g/mol. The minimum Gasteiger partial charge on any atom is -0.481 e. The molecule has 16 heavy (non-hydrogen) atoms. The molecule has 0 spiro atoms. The quantitative estimate of drug-likeness (QED) is 0.869. The molecule has 0 amide bonds. The van der Waals surface area contributed by atoms with E-state index in [9.17, 15) is 4.79 Å². The first-order chi connectivity index (χ1) is 7.46. The van der Waals surface area contributed by atoms with Gasteiger partial charge >= 0.3 is 5.97 Å². The predicted octanol–water partition coefficient (Wildman–Crippen LogP) is 1.23. The van der Waals surface area contributed by atoms with Crippen molar-refractivity contribution < 1.29 is 9.90 Å². The zero-order valence-corrected chi connectivity index (χ0v) is 9.86. The van der Waals surface area contributed by atoms with Gasteiger partial charge < -0.3 is 5.11 Å². The highest BCUT2D eigenvalue weighted by Crippen LogP contribution is 2.27. The zero-order chi connectivity index (χ0) is 11.8. The first kappa shape index (κ1) is 11.0. The van der Waals surface area contributed by atoms with Gasteiger partial charge in [0.1, 0.15) is 11.3 Å². The third-order valence-electron chi connectivity index (χ3n) is 2.19. The molecule has 0 saturated heterocycles. The molecule has 1 N–H and O–H groups in total. The van der Waals surface area contributed by atoms with E-state index in [1.165, 1.54) is 11.3 Å². The SMILES string of the molecule is CC(C)(CC(=O)O)Cc1nn2cnnc2s1. The van der Waals surface area contributed by atoms with Gasteiger partial charge in [-0.2, -0.15) is 9.61 Å². The third-order valence-corrected chi connectivity index (χ3v) is 3.10. The van der Waals surface area contributed by atoms with Gasteiger partial charge in [0.25, 0.3) is 0 Å². The van der Waals surface area contributed by atoms with E-state index >= 15 is 0 Å². The van der Waals surface area contributed by atoms with Crippen molar-refractivity contribution in [3.05, 3.63) is 11.3 Å². The van der Waals surface area contributed by atoms with Crippen LogP contribution < -0.4 is 0 Å². The van der Waals surface area contributed by atoms with Gasteiger partial charge in [0.05, 0.1) is 6.42 Å². The summed E-state index contributed by atoms with van der Waals surface area (Å²) in [6, 6.07) is 0. The van der Waals surface area contributed by atoms with Crippen molar-refractivity contribution in [3.8, 4) is 0 Å². The molecule has 0 aliphatic rings. The number of carboxylic acids is 1. The van der Waals surface area contributed by atoms with Gasteiger partial charge in [-0.3, -0.25) is 4.79 Å². The molecule has 0 fully saturated rings. The second-order valence-electron chi connectivity index (χ2n) is 4.47. The first-order valence-electron chi connectivity index (χ1n) is 4.84. The van der Waals surface area contributed by atoms with E-state index in [2.05, 4.69) is 15.3 Å². The molecular formula is C9H12N4O2S. The fourth-order valence-corrected chi connectivity index (χ4v) is 2.63. The van der Waals surface area contributed by atoms with Crippen LogP contribution in [-0.2, 0) is 11.2 Å².